The van der Waals surface area contributed by atoms with Gasteiger partial charge >= 0.3 is 6.09 Å². The quantitative estimate of drug-likeness (QED) is 0.804. The predicted octanol–water partition coefficient (Wildman–Crippen LogP) is 4.26. The normalized spacial score (nSPS) is 13.9. The van der Waals surface area contributed by atoms with Gasteiger partial charge in [-0.2, -0.15) is 0 Å². The minimum atomic E-state index is -0.550. The van der Waals surface area contributed by atoms with E-state index in [0.717, 1.165) is 5.56 Å². The second-order valence-corrected chi connectivity index (χ2v) is 7.43. The summed E-state index contributed by atoms with van der Waals surface area (Å²) in [6.07, 6.45) is 2.09. The molecule has 0 saturated heterocycles. The minimum Gasteiger partial charge on any atom is -0.444 e. The van der Waals surface area contributed by atoms with E-state index in [-0.39, 0.29) is 11.9 Å². The zero-order valence-corrected chi connectivity index (χ0v) is 16.1. The van der Waals surface area contributed by atoms with E-state index in [2.05, 4.69) is 9.97 Å². The highest BCUT2D eigenvalue weighted by molar-refractivity contribution is 5.68. The zero-order valence-electron chi connectivity index (χ0n) is 16.1. The smallest absolute Gasteiger partial charge is 0.410 e. The fraction of sp³-hybridized carbons (Fsp3) is 0.450. The summed E-state index contributed by atoms with van der Waals surface area (Å²) in [4.78, 5) is 22.5. The molecule has 0 N–H and O–H groups in total. The molecule has 7 heteroatoms. The van der Waals surface area contributed by atoms with E-state index in [4.69, 9.17) is 9.47 Å². The molecule has 1 aromatic heterocycles. The molecular weight excluding hydrogens is 349 g/mol. The largest absolute Gasteiger partial charge is 0.444 e. The Bertz CT molecular complexity index is 849. The van der Waals surface area contributed by atoms with Gasteiger partial charge in [-0.3, -0.25) is 0 Å². The van der Waals surface area contributed by atoms with Crippen molar-refractivity contribution in [1.82, 2.24) is 14.9 Å². The minimum absolute atomic E-state index is 0.297. The highest BCUT2D eigenvalue weighted by Gasteiger charge is 2.28. The lowest BCUT2D eigenvalue weighted by Crippen LogP contribution is -2.40. The van der Waals surface area contributed by atoms with Gasteiger partial charge in [-0.1, -0.05) is 13.0 Å². The molecule has 2 heterocycles. The van der Waals surface area contributed by atoms with Crippen molar-refractivity contribution < 1.29 is 18.7 Å². The number of hydrogen-bond donors (Lipinski definition) is 0. The van der Waals surface area contributed by atoms with Gasteiger partial charge in [0.15, 0.2) is 0 Å². The third-order valence-electron chi connectivity index (χ3n) is 4.26. The molecule has 1 aliphatic heterocycles. The van der Waals surface area contributed by atoms with Crippen LogP contribution < -0.4 is 4.74 Å². The topological polar surface area (TPSA) is 64.6 Å². The molecule has 144 valence electrons. The number of amides is 1. The Balaban J connectivity index is 1.82. The number of ether oxygens (including phenoxy) is 2. The molecule has 3 rings (SSSR count). The van der Waals surface area contributed by atoms with Crippen LogP contribution in [0.5, 0.6) is 11.6 Å². The molecule has 0 radical (unpaired) electrons. The van der Waals surface area contributed by atoms with E-state index in [0.29, 0.717) is 48.8 Å². The second kappa shape index (κ2) is 7.50. The number of fused-ring (bicyclic) bond motifs is 1. The lowest BCUT2D eigenvalue weighted by atomic mass is 10.1. The fourth-order valence-electron chi connectivity index (χ4n) is 2.98. The Labute approximate surface area is 158 Å². The summed E-state index contributed by atoms with van der Waals surface area (Å²) in [5.74, 6) is 0.561. The molecule has 1 amide bonds. The molecule has 0 unspecified atom stereocenters. The summed E-state index contributed by atoms with van der Waals surface area (Å²) in [7, 11) is 0. The Morgan fingerprint density at radius 1 is 1.30 bits per heavy atom. The van der Waals surface area contributed by atoms with Crippen molar-refractivity contribution in [3.63, 3.8) is 0 Å². The molecule has 0 spiro atoms. The Morgan fingerprint density at radius 2 is 2.07 bits per heavy atom. The van der Waals surface area contributed by atoms with E-state index in [9.17, 15) is 9.18 Å². The molecule has 2 aromatic rings. The first-order valence-electron chi connectivity index (χ1n) is 9.04. The number of carbonyl (C=O) groups is 1. The van der Waals surface area contributed by atoms with E-state index < -0.39 is 5.60 Å². The van der Waals surface area contributed by atoms with Crippen LogP contribution in [0.4, 0.5) is 9.18 Å². The monoisotopic (exact) mass is 373 g/mol. The Hall–Kier alpha value is -2.70. The maximum absolute atomic E-state index is 14.0. The van der Waals surface area contributed by atoms with E-state index >= 15 is 0 Å². The third kappa shape index (κ3) is 4.35. The third-order valence-corrected chi connectivity index (χ3v) is 4.26. The molecule has 6 nitrogen and oxygen atoms in total. The maximum atomic E-state index is 14.0. The Kier molecular flexibility index (Phi) is 5.30. The van der Waals surface area contributed by atoms with Crippen LogP contribution in [0, 0.1) is 5.82 Å². The molecule has 0 saturated carbocycles. The van der Waals surface area contributed by atoms with Crippen LogP contribution in [0.2, 0.25) is 0 Å². The van der Waals surface area contributed by atoms with Crippen molar-refractivity contribution in [3.8, 4) is 11.6 Å². The van der Waals surface area contributed by atoms with Crippen LogP contribution in [0.15, 0.2) is 24.5 Å². The first-order valence-corrected chi connectivity index (χ1v) is 9.04. The summed E-state index contributed by atoms with van der Waals surface area (Å²) >= 11 is 0. The number of aromatic nitrogens is 2. The van der Waals surface area contributed by atoms with Crippen molar-refractivity contribution in [2.24, 2.45) is 0 Å². The average molecular weight is 373 g/mol. The first kappa shape index (κ1) is 19.1. The molecule has 1 aromatic carbocycles. The second-order valence-electron chi connectivity index (χ2n) is 7.43. The lowest BCUT2D eigenvalue weighted by Gasteiger charge is -2.31. The van der Waals surface area contributed by atoms with Gasteiger partial charge in [-0.25, -0.2) is 19.2 Å². The molecular formula is C20H24FN3O3. The van der Waals surface area contributed by atoms with Crippen LogP contribution >= 0.6 is 0 Å². The number of nitrogens with zero attached hydrogens (tertiary/aromatic N) is 3. The average Bonchev–Trinajstić information content (AvgIpc) is 2.60. The van der Waals surface area contributed by atoms with Gasteiger partial charge < -0.3 is 14.4 Å². The lowest BCUT2D eigenvalue weighted by molar-refractivity contribution is 0.0219. The highest BCUT2D eigenvalue weighted by Crippen LogP contribution is 2.31. The summed E-state index contributed by atoms with van der Waals surface area (Å²) in [5, 5.41) is 0. The van der Waals surface area contributed by atoms with E-state index in [1.807, 2.05) is 27.7 Å². The van der Waals surface area contributed by atoms with Crippen molar-refractivity contribution in [3.05, 3.63) is 47.2 Å². The van der Waals surface area contributed by atoms with Crippen LogP contribution in [0.25, 0.3) is 0 Å². The van der Waals surface area contributed by atoms with Crippen LogP contribution in [-0.2, 0) is 24.1 Å². The SMILES string of the molecule is CCc1c(F)cccc1Oc1ncnc2c1CCN(C(=O)OC(C)(C)C)C2. The molecule has 0 atom stereocenters. The molecule has 0 fully saturated rings. The van der Waals surface area contributed by atoms with Gasteiger partial charge in [0.25, 0.3) is 0 Å². The van der Waals surface area contributed by atoms with Crippen LogP contribution in [0.1, 0.15) is 44.5 Å². The van der Waals surface area contributed by atoms with Crippen molar-refractivity contribution >= 4 is 6.09 Å². The summed E-state index contributed by atoms with van der Waals surface area (Å²) < 4.78 is 25.4. The summed E-state index contributed by atoms with van der Waals surface area (Å²) in [6.45, 7) is 8.19. The van der Waals surface area contributed by atoms with E-state index in [1.165, 1.54) is 12.4 Å². The van der Waals surface area contributed by atoms with Gasteiger partial charge in [0, 0.05) is 17.7 Å². The number of carbonyl (C=O) groups excluding carboxylic acids is 1. The number of benzene rings is 1. The van der Waals surface area contributed by atoms with Gasteiger partial charge in [0.2, 0.25) is 5.88 Å². The summed E-state index contributed by atoms with van der Waals surface area (Å²) in [6, 6.07) is 4.76. The molecule has 0 bridgehead atoms. The van der Waals surface area contributed by atoms with Crippen molar-refractivity contribution in [1.29, 1.82) is 0 Å². The van der Waals surface area contributed by atoms with E-state index in [1.54, 1.807) is 17.0 Å². The van der Waals surface area contributed by atoms with Gasteiger partial charge in [0.05, 0.1) is 12.2 Å². The standard InChI is InChI=1S/C20H24FN3O3/c1-5-13-15(21)7-6-8-17(13)26-18-14-9-10-24(11-16(14)22-12-23-18)19(25)27-20(2,3)4/h6-8,12H,5,9-11H2,1-4H3. The molecule has 27 heavy (non-hydrogen) atoms. The number of hydrogen-bond acceptors (Lipinski definition) is 5. The van der Waals surface area contributed by atoms with Gasteiger partial charge in [-0.15, -0.1) is 0 Å². The van der Waals surface area contributed by atoms with Crippen LogP contribution in [-0.4, -0.2) is 33.1 Å². The van der Waals surface area contributed by atoms with Crippen LogP contribution in [0.3, 0.4) is 0 Å². The van der Waals surface area contributed by atoms with Crippen molar-refractivity contribution in [2.45, 2.75) is 52.7 Å². The predicted molar refractivity (Wildman–Crippen MR) is 98.2 cm³/mol. The first-order chi connectivity index (χ1) is 12.8. The number of rotatable bonds is 3. The van der Waals surface area contributed by atoms with Crippen molar-refractivity contribution in [2.75, 3.05) is 6.54 Å². The maximum Gasteiger partial charge on any atom is 0.410 e. The summed E-state index contributed by atoms with van der Waals surface area (Å²) in [5.41, 5.74) is 1.51. The highest BCUT2D eigenvalue weighted by atomic mass is 19.1. The molecule has 1 aliphatic rings. The fourth-order valence-corrected chi connectivity index (χ4v) is 2.98. The zero-order chi connectivity index (χ0) is 19.6. The number of halogens is 1. The van der Waals surface area contributed by atoms with Gasteiger partial charge in [-0.05, 0) is 45.7 Å². The Morgan fingerprint density at radius 3 is 2.78 bits per heavy atom. The van der Waals surface area contributed by atoms with Gasteiger partial charge in [0.1, 0.15) is 23.5 Å². The molecule has 0 aliphatic carbocycles.